The Morgan fingerprint density at radius 1 is 1.38 bits per heavy atom. The van der Waals surface area contributed by atoms with Crippen LogP contribution in [0.15, 0.2) is 16.9 Å². The lowest BCUT2D eigenvalue weighted by Crippen LogP contribution is -2.37. The molecular formula is C17H23N3O. The van der Waals surface area contributed by atoms with Crippen LogP contribution in [0.25, 0.3) is 10.9 Å². The highest BCUT2D eigenvalue weighted by atomic mass is 16.1. The van der Waals surface area contributed by atoms with Crippen LogP contribution >= 0.6 is 0 Å². The zero-order valence-corrected chi connectivity index (χ0v) is 13.2. The van der Waals surface area contributed by atoms with Gasteiger partial charge in [-0.25, -0.2) is 4.98 Å². The second-order valence-corrected chi connectivity index (χ2v) is 6.92. The molecule has 1 atom stereocenters. The number of rotatable bonds is 1. The fraction of sp³-hybridized carbons (Fsp3) is 0.529. The lowest BCUT2D eigenvalue weighted by molar-refractivity contribution is 0.341. The van der Waals surface area contributed by atoms with Crippen LogP contribution in [0.4, 0.5) is 0 Å². The third-order valence-electron chi connectivity index (χ3n) is 4.51. The standard InChI is InChI=1S/C17H23N3O/c1-10-8-12(11(2)18)14-13(9-10)15(21)20-7-5-6-17(3,4)16(20)19-14/h8-9,11H,5-7,18H2,1-4H3. The fourth-order valence-corrected chi connectivity index (χ4v) is 3.36. The summed E-state index contributed by atoms with van der Waals surface area (Å²) in [4.78, 5) is 17.7. The summed E-state index contributed by atoms with van der Waals surface area (Å²) in [7, 11) is 0. The van der Waals surface area contributed by atoms with Crippen molar-refractivity contribution in [1.29, 1.82) is 0 Å². The highest BCUT2D eigenvalue weighted by Crippen LogP contribution is 2.32. The third-order valence-corrected chi connectivity index (χ3v) is 4.51. The molecule has 4 nitrogen and oxygen atoms in total. The molecule has 0 amide bonds. The first-order valence-electron chi connectivity index (χ1n) is 7.62. The van der Waals surface area contributed by atoms with Crippen LogP contribution in [0.5, 0.6) is 0 Å². The summed E-state index contributed by atoms with van der Waals surface area (Å²) in [5.41, 5.74) is 8.91. The number of hydrogen-bond donors (Lipinski definition) is 1. The van der Waals surface area contributed by atoms with E-state index in [0.29, 0.717) is 5.39 Å². The van der Waals surface area contributed by atoms with Gasteiger partial charge in [-0.3, -0.25) is 9.36 Å². The summed E-state index contributed by atoms with van der Waals surface area (Å²) in [6.45, 7) is 9.03. The van der Waals surface area contributed by atoms with E-state index in [0.717, 1.165) is 41.9 Å². The van der Waals surface area contributed by atoms with Crippen molar-refractivity contribution in [2.24, 2.45) is 5.73 Å². The van der Waals surface area contributed by atoms with E-state index in [1.54, 1.807) is 0 Å². The number of nitrogens with two attached hydrogens (primary N) is 1. The molecule has 0 saturated carbocycles. The lowest BCUT2D eigenvalue weighted by Gasteiger charge is -2.32. The predicted molar refractivity (Wildman–Crippen MR) is 85.6 cm³/mol. The van der Waals surface area contributed by atoms with Crippen LogP contribution in [0, 0.1) is 6.92 Å². The number of aromatic nitrogens is 2. The zero-order chi connectivity index (χ0) is 15.4. The van der Waals surface area contributed by atoms with Crippen molar-refractivity contribution in [2.75, 3.05) is 0 Å². The molecule has 1 unspecified atom stereocenters. The van der Waals surface area contributed by atoms with Crippen molar-refractivity contribution < 1.29 is 0 Å². The maximum absolute atomic E-state index is 12.9. The Morgan fingerprint density at radius 3 is 2.76 bits per heavy atom. The van der Waals surface area contributed by atoms with E-state index in [1.165, 1.54) is 0 Å². The van der Waals surface area contributed by atoms with Crippen molar-refractivity contribution in [2.45, 2.75) is 58.5 Å². The molecule has 0 fully saturated rings. The van der Waals surface area contributed by atoms with Gasteiger partial charge in [-0.1, -0.05) is 19.9 Å². The summed E-state index contributed by atoms with van der Waals surface area (Å²) in [6.07, 6.45) is 2.09. The van der Waals surface area contributed by atoms with Crippen LogP contribution in [0.3, 0.4) is 0 Å². The minimum atomic E-state index is -0.131. The molecule has 0 spiro atoms. The van der Waals surface area contributed by atoms with E-state index < -0.39 is 0 Å². The molecule has 4 heteroatoms. The SMILES string of the molecule is Cc1cc(C(C)N)c2nc3n(c(=O)c2c1)CCCC3(C)C. The molecule has 3 rings (SSSR count). The van der Waals surface area contributed by atoms with Crippen LogP contribution in [-0.2, 0) is 12.0 Å². The largest absolute Gasteiger partial charge is 0.324 e. The smallest absolute Gasteiger partial charge is 0.261 e. The average molecular weight is 285 g/mol. The number of fused-ring (bicyclic) bond motifs is 2. The van der Waals surface area contributed by atoms with Gasteiger partial charge in [-0.15, -0.1) is 0 Å². The molecule has 1 aromatic heterocycles. The van der Waals surface area contributed by atoms with Gasteiger partial charge in [0.15, 0.2) is 0 Å². The van der Waals surface area contributed by atoms with Crippen molar-refractivity contribution >= 4 is 10.9 Å². The summed E-state index contributed by atoms with van der Waals surface area (Å²) >= 11 is 0. The fourth-order valence-electron chi connectivity index (χ4n) is 3.36. The Kier molecular flexibility index (Phi) is 3.17. The second kappa shape index (κ2) is 4.67. The minimum Gasteiger partial charge on any atom is -0.324 e. The number of nitrogens with zero attached hydrogens (tertiary/aromatic N) is 2. The number of hydrogen-bond acceptors (Lipinski definition) is 3. The van der Waals surface area contributed by atoms with E-state index in [9.17, 15) is 4.79 Å². The Hall–Kier alpha value is -1.68. The van der Waals surface area contributed by atoms with Crippen molar-refractivity contribution in [3.8, 4) is 0 Å². The van der Waals surface area contributed by atoms with Gasteiger partial charge >= 0.3 is 0 Å². The first kappa shape index (κ1) is 14.3. The highest BCUT2D eigenvalue weighted by Gasteiger charge is 2.31. The molecule has 0 saturated heterocycles. The monoisotopic (exact) mass is 285 g/mol. The lowest BCUT2D eigenvalue weighted by atomic mass is 9.84. The van der Waals surface area contributed by atoms with Crippen molar-refractivity contribution in [3.05, 3.63) is 39.4 Å². The third kappa shape index (κ3) is 2.18. The molecule has 21 heavy (non-hydrogen) atoms. The Morgan fingerprint density at radius 2 is 2.10 bits per heavy atom. The molecule has 2 heterocycles. The van der Waals surface area contributed by atoms with Crippen molar-refractivity contribution in [1.82, 2.24) is 9.55 Å². The first-order valence-corrected chi connectivity index (χ1v) is 7.62. The van der Waals surface area contributed by atoms with Gasteiger partial charge < -0.3 is 5.73 Å². The van der Waals surface area contributed by atoms with E-state index in [1.807, 2.05) is 30.5 Å². The molecule has 1 aliphatic rings. The quantitative estimate of drug-likeness (QED) is 0.876. The maximum Gasteiger partial charge on any atom is 0.261 e. The Balaban J connectivity index is 2.45. The summed E-state index contributed by atoms with van der Waals surface area (Å²) in [6, 6.07) is 3.85. The van der Waals surface area contributed by atoms with E-state index >= 15 is 0 Å². The molecule has 2 N–H and O–H groups in total. The van der Waals surface area contributed by atoms with E-state index in [4.69, 9.17) is 10.7 Å². The van der Waals surface area contributed by atoms with E-state index in [-0.39, 0.29) is 17.0 Å². The topological polar surface area (TPSA) is 60.9 Å². The summed E-state index contributed by atoms with van der Waals surface area (Å²) in [5.74, 6) is 0.900. The summed E-state index contributed by atoms with van der Waals surface area (Å²) < 4.78 is 1.86. The summed E-state index contributed by atoms with van der Waals surface area (Å²) in [5, 5.41) is 0.698. The highest BCUT2D eigenvalue weighted by molar-refractivity contribution is 5.82. The van der Waals surface area contributed by atoms with Crippen molar-refractivity contribution in [3.63, 3.8) is 0 Å². The van der Waals surface area contributed by atoms with Crippen LogP contribution in [0.2, 0.25) is 0 Å². The van der Waals surface area contributed by atoms with Gasteiger partial charge in [0.1, 0.15) is 5.82 Å². The van der Waals surface area contributed by atoms with Gasteiger partial charge in [0.2, 0.25) is 0 Å². The maximum atomic E-state index is 12.9. The number of benzene rings is 1. The zero-order valence-electron chi connectivity index (χ0n) is 13.2. The normalized spacial score (nSPS) is 18.5. The molecule has 2 aromatic rings. The molecule has 0 bridgehead atoms. The van der Waals surface area contributed by atoms with Crippen LogP contribution in [0.1, 0.15) is 56.6 Å². The molecule has 1 aliphatic heterocycles. The molecule has 1 aromatic carbocycles. The molecule has 0 aliphatic carbocycles. The molecule has 112 valence electrons. The van der Waals surface area contributed by atoms with Gasteiger partial charge in [0, 0.05) is 18.0 Å². The number of aryl methyl sites for hydroxylation is 1. The van der Waals surface area contributed by atoms with Gasteiger partial charge in [-0.05, 0) is 43.9 Å². The first-order chi connectivity index (χ1) is 9.81. The van der Waals surface area contributed by atoms with Gasteiger partial charge in [0.25, 0.3) is 5.56 Å². The Bertz CT molecular complexity index is 772. The Labute approximate surface area is 125 Å². The average Bonchev–Trinajstić information content (AvgIpc) is 2.39. The van der Waals surface area contributed by atoms with Gasteiger partial charge in [0.05, 0.1) is 10.9 Å². The predicted octanol–water partition coefficient (Wildman–Crippen LogP) is 2.80. The van der Waals surface area contributed by atoms with Crippen LogP contribution < -0.4 is 11.3 Å². The second-order valence-electron chi connectivity index (χ2n) is 6.92. The van der Waals surface area contributed by atoms with E-state index in [2.05, 4.69) is 13.8 Å². The van der Waals surface area contributed by atoms with Crippen LogP contribution in [-0.4, -0.2) is 9.55 Å². The molecular weight excluding hydrogens is 262 g/mol. The molecule has 0 radical (unpaired) electrons. The van der Waals surface area contributed by atoms with Gasteiger partial charge in [-0.2, -0.15) is 0 Å². The minimum absolute atomic E-state index is 0.0639.